The van der Waals surface area contributed by atoms with E-state index in [4.69, 9.17) is 20.4 Å². The first kappa shape index (κ1) is 13.2. The van der Waals surface area contributed by atoms with E-state index in [1.807, 2.05) is 13.8 Å². The normalized spacial score (nSPS) is 11.8. The van der Waals surface area contributed by atoms with Crippen LogP contribution in [0.4, 0.5) is 0 Å². The van der Waals surface area contributed by atoms with E-state index in [1.165, 1.54) is 0 Å². The molecular formula is C11H17N3O3. The van der Waals surface area contributed by atoms with E-state index in [-0.39, 0.29) is 11.9 Å². The molecular weight excluding hydrogens is 222 g/mol. The van der Waals surface area contributed by atoms with Gasteiger partial charge in [-0.3, -0.25) is 0 Å². The van der Waals surface area contributed by atoms with Crippen molar-refractivity contribution < 1.29 is 14.7 Å². The van der Waals surface area contributed by atoms with Crippen molar-refractivity contribution in [2.75, 3.05) is 13.2 Å². The van der Waals surface area contributed by atoms with E-state index in [0.29, 0.717) is 24.7 Å². The summed E-state index contributed by atoms with van der Waals surface area (Å²) >= 11 is 0. The molecule has 0 aliphatic rings. The Bertz CT molecular complexity index is 380. The molecule has 1 aromatic heterocycles. The molecule has 0 radical (unpaired) electrons. The van der Waals surface area contributed by atoms with Crippen LogP contribution in [0.3, 0.4) is 0 Å². The molecule has 0 atom stereocenters. The molecule has 0 spiro atoms. The third kappa shape index (κ3) is 4.28. The molecule has 0 fully saturated rings. The number of nitrogens with zero attached hydrogens (tertiary/aromatic N) is 2. The van der Waals surface area contributed by atoms with E-state index in [1.54, 1.807) is 18.3 Å². The van der Waals surface area contributed by atoms with Gasteiger partial charge in [-0.05, 0) is 26.0 Å². The monoisotopic (exact) mass is 239 g/mol. The van der Waals surface area contributed by atoms with Gasteiger partial charge < -0.3 is 20.4 Å². The zero-order chi connectivity index (χ0) is 12.7. The van der Waals surface area contributed by atoms with E-state index in [9.17, 15) is 0 Å². The van der Waals surface area contributed by atoms with Gasteiger partial charge in [0.1, 0.15) is 12.4 Å². The Balaban J connectivity index is 2.58. The third-order valence-corrected chi connectivity index (χ3v) is 1.91. The van der Waals surface area contributed by atoms with Crippen LogP contribution in [0.15, 0.2) is 23.5 Å². The first-order valence-corrected chi connectivity index (χ1v) is 5.32. The molecule has 1 heterocycles. The largest absolute Gasteiger partial charge is 0.489 e. The van der Waals surface area contributed by atoms with Crippen molar-refractivity contribution >= 4 is 5.84 Å². The van der Waals surface area contributed by atoms with Crippen molar-refractivity contribution in [3.63, 3.8) is 0 Å². The summed E-state index contributed by atoms with van der Waals surface area (Å²) in [6.45, 7) is 4.76. The lowest BCUT2D eigenvalue weighted by Crippen LogP contribution is -2.18. The van der Waals surface area contributed by atoms with Gasteiger partial charge in [-0.25, -0.2) is 4.98 Å². The molecule has 1 aromatic rings. The minimum absolute atomic E-state index is 0.0784. The molecule has 0 bridgehead atoms. The summed E-state index contributed by atoms with van der Waals surface area (Å²) in [6.07, 6.45) is 1.71. The van der Waals surface area contributed by atoms with Crippen molar-refractivity contribution in [3.05, 3.63) is 24.0 Å². The number of rotatable bonds is 6. The first-order valence-electron chi connectivity index (χ1n) is 5.32. The van der Waals surface area contributed by atoms with Gasteiger partial charge in [0.05, 0.1) is 12.7 Å². The Morgan fingerprint density at radius 3 is 2.94 bits per heavy atom. The van der Waals surface area contributed by atoms with Crippen LogP contribution in [-0.2, 0) is 4.74 Å². The highest BCUT2D eigenvalue weighted by Gasteiger charge is 2.09. The van der Waals surface area contributed by atoms with Gasteiger partial charge in [-0.15, -0.1) is 0 Å². The zero-order valence-corrected chi connectivity index (χ0v) is 9.96. The molecule has 0 saturated carbocycles. The Kier molecular flexibility index (Phi) is 5.22. The maximum Gasteiger partial charge on any atom is 0.192 e. The summed E-state index contributed by atoms with van der Waals surface area (Å²) < 4.78 is 10.8. The van der Waals surface area contributed by atoms with Crippen LogP contribution in [0.2, 0.25) is 0 Å². The number of hydrogen-bond donors (Lipinski definition) is 2. The predicted molar refractivity (Wildman–Crippen MR) is 63.3 cm³/mol. The molecule has 0 saturated heterocycles. The molecule has 17 heavy (non-hydrogen) atoms. The maximum absolute atomic E-state index is 8.60. The fourth-order valence-electron chi connectivity index (χ4n) is 1.18. The smallest absolute Gasteiger partial charge is 0.192 e. The highest BCUT2D eigenvalue weighted by molar-refractivity contribution is 5.97. The van der Waals surface area contributed by atoms with Gasteiger partial charge in [-0.1, -0.05) is 5.16 Å². The molecule has 0 amide bonds. The summed E-state index contributed by atoms with van der Waals surface area (Å²) in [5, 5.41) is 11.5. The summed E-state index contributed by atoms with van der Waals surface area (Å²) in [7, 11) is 0. The van der Waals surface area contributed by atoms with E-state index in [2.05, 4.69) is 10.1 Å². The Morgan fingerprint density at radius 1 is 1.53 bits per heavy atom. The quantitative estimate of drug-likeness (QED) is 0.254. The van der Waals surface area contributed by atoms with Gasteiger partial charge >= 0.3 is 0 Å². The van der Waals surface area contributed by atoms with Crippen LogP contribution in [-0.4, -0.2) is 35.3 Å². The van der Waals surface area contributed by atoms with Crippen LogP contribution in [0.25, 0.3) is 0 Å². The SMILES string of the molecule is CC(C)OCCOc1cccnc1/C(N)=N/O. The molecule has 0 aromatic carbocycles. The standard InChI is InChI=1S/C11H17N3O3/c1-8(2)16-6-7-17-9-4-3-5-13-10(9)11(12)14-15/h3-5,8,15H,6-7H2,1-2H3,(H2,12,14). The second-order valence-corrected chi connectivity index (χ2v) is 3.60. The predicted octanol–water partition coefficient (Wildman–Crippen LogP) is 0.980. The summed E-state index contributed by atoms with van der Waals surface area (Å²) in [4.78, 5) is 3.98. The highest BCUT2D eigenvalue weighted by Crippen LogP contribution is 2.14. The topological polar surface area (TPSA) is 90.0 Å². The van der Waals surface area contributed by atoms with Gasteiger partial charge in [0.25, 0.3) is 0 Å². The molecule has 6 heteroatoms. The zero-order valence-electron chi connectivity index (χ0n) is 9.96. The number of pyridine rings is 1. The number of aromatic nitrogens is 1. The number of oxime groups is 1. The van der Waals surface area contributed by atoms with Gasteiger partial charge in [0.2, 0.25) is 0 Å². The first-order chi connectivity index (χ1) is 8.15. The third-order valence-electron chi connectivity index (χ3n) is 1.91. The molecule has 3 N–H and O–H groups in total. The lowest BCUT2D eigenvalue weighted by Gasteiger charge is -2.11. The van der Waals surface area contributed by atoms with Gasteiger partial charge in [0, 0.05) is 6.20 Å². The lowest BCUT2D eigenvalue weighted by atomic mass is 10.3. The average molecular weight is 239 g/mol. The molecule has 0 unspecified atom stereocenters. The van der Waals surface area contributed by atoms with Crippen molar-refractivity contribution in [2.24, 2.45) is 10.9 Å². The van der Waals surface area contributed by atoms with Crippen molar-refractivity contribution in [1.29, 1.82) is 0 Å². The second-order valence-electron chi connectivity index (χ2n) is 3.60. The average Bonchev–Trinajstić information content (AvgIpc) is 2.34. The van der Waals surface area contributed by atoms with Crippen molar-refractivity contribution in [3.8, 4) is 5.75 Å². The van der Waals surface area contributed by atoms with Crippen LogP contribution < -0.4 is 10.5 Å². The Morgan fingerprint density at radius 2 is 2.29 bits per heavy atom. The number of ether oxygens (including phenoxy) is 2. The molecule has 1 rings (SSSR count). The Labute approximate surface area is 100 Å². The fourth-order valence-corrected chi connectivity index (χ4v) is 1.18. The molecule has 6 nitrogen and oxygen atoms in total. The highest BCUT2D eigenvalue weighted by atomic mass is 16.5. The number of hydrogen-bond acceptors (Lipinski definition) is 5. The van der Waals surface area contributed by atoms with Crippen molar-refractivity contribution in [2.45, 2.75) is 20.0 Å². The minimum atomic E-state index is -0.0784. The van der Waals surface area contributed by atoms with Crippen molar-refractivity contribution in [1.82, 2.24) is 4.98 Å². The second kappa shape index (κ2) is 6.70. The lowest BCUT2D eigenvalue weighted by molar-refractivity contribution is 0.0551. The van der Waals surface area contributed by atoms with E-state index in [0.717, 1.165) is 0 Å². The number of amidine groups is 1. The Hall–Kier alpha value is -1.82. The fraction of sp³-hybridized carbons (Fsp3) is 0.455. The van der Waals surface area contributed by atoms with Crippen LogP contribution in [0.5, 0.6) is 5.75 Å². The number of nitrogens with two attached hydrogens (primary N) is 1. The summed E-state index contributed by atoms with van der Waals surface area (Å²) in [5.41, 5.74) is 5.79. The van der Waals surface area contributed by atoms with Crippen LogP contribution in [0, 0.1) is 0 Å². The van der Waals surface area contributed by atoms with Gasteiger partial charge in [0.15, 0.2) is 11.5 Å². The van der Waals surface area contributed by atoms with Gasteiger partial charge in [-0.2, -0.15) is 0 Å². The summed E-state index contributed by atoms with van der Waals surface area (Å²) in [6, 6.07) is 3.42. The summed E-state index contributed by atoms with van der Waals surface area (Å²) in [5.74, 6) is 0.389. The molecule has 94 valence electrons. The van der Waals surface area contributed by atoms with Crippen LogP contribution in [0.1, 0.15) is 19.5 Å². The molecule has 0 aliphatic carbocycles. The van der Waals surface area contributed by atoms with Crippen LogP contribution >= 0.6 is 0 Å². The molecule has 0 aliphatic heterocycles. The van der Waals surface area contributed by atoms with E-state index >= 15 is 0 Å². The maximum atomic E-state index is 8.60. The van der Waals surface area contributed by atoms with E-state index < -0.39 is 0 Å². The minimum Gasteiger partial charge on any atom is -0.489 e.